The number of aliphatic carboxylic acids is 1. The first-order valence-electron chi connectivity index (χ1n) is 6.96. The maximum absolute atomic E-state index is 11.9. The van der Waals surface area contributed by atoms with Crippen molar-refractivity contribution in [2.24, 2.45) is 5.92 Å². The van der Waals surface area contributed by atoms with Gasteiger partial charge in [0, 0.05) is 19.1 Å². The third-order valence-corrected chi connectivity index (χ3v) is 4.51. The molecular weight excluding hydrogens is 272 g/mol. The summed E-state index contributed by atoms with van der Waals surface area (Å²) >= 11 is 0. The van der Waals surface area contributed by atoms with E-state index in [1.165, 1.54) is 18.2 Å². The molecule has 0 amide bonds. The predicted molar refractivity (Wildman–Crippen MR) is 74.5 cm³/mol. The van der Waals surface area contributed by atoms with Gasteiger partial charge in [0.05, 0.1) is 7.11 Å². The molecule has 0 saturated carbocycles. The van der Waals surface area contributed by atoms with Crippen LogP contribution in [-0.2, 0) is 20.9 Å². The molecule has 1 aromatic carbocycles. The number of ether oxygens (including phenoxy) is 1. The normalized spacial score (nSPS) is 30.9. The van der Waals surface area contributed by atoms with Crippen molar-refractivity contribution in [3.05, 3.63) is 35.4 Å². The summed E-state index contributed by atoms with van der Waals surface area (Å²) in [6, 6.07) is 8.16. The molecule has 0 radical (unpaired) electrons. The van der Waals surface area contributed by atoms with E-state index in [1.54, 1.807) is 0 Å². The van der Waals surface area contributed by atoms with Crippen LogP contribution in [0, 0.1) is 5.92 Å². The Kier molecular flexibility index (Phi) is 3.43. The molecule has 1 saturated heterocycles. The summed E-state index contributed by atoms with van der Waals surface area (Å²) in [6.45, 7) is 1.24. The maximum atomic E-state index is 11.9. The van der Waals surface area contributed by atoms with Crippen LogP contribution >= 0.6 is 0 Å². The summed E-state index contributed by atoms with van der Waals surface area (Å²) in [4.78, 5) is 23.4. The van der Waals surface area contributed by atoms with Gasteiger partial charge in [-0.05, 0) is 23.5 Å². The number of benzene rings is 1. The van der Waals surface area contributed by atoms with Crippen molar-refractivity contribution in [3.8, 4) is 0 Å². The molecule has 112 valence electrons. The number of hydrogen-bond acceptors (Lipinski definition) is 5. The van der Waals surface area contributed by atoms with Crippen molar-refractivity contribution in [3.63, 3.8) is 0 Å². The van der Waals surface area contributed by atoms with E-state index in [0.29, 0.717) is 6.54 Å². The van der Waals surface area contributed by atoms with E-state index in [4.69, 9.17) is 0 Å². The first kappa shape index (κ1) is 14.0. The molecule has 6 heteroatoms. The van der Waals surface area contributed by atoms with Crippen molar-refractivity contribution >= 4 is 11.9 Å². The second kappa shape index (κ2) is 5.13. The van der Waals surface area contributed by atoms with Gasteiger partial charge in [0.1, 0.15) is 0 Å². The fourth-order valence-corrected chi connectivity index (χ4v) is 3.41. The second-order valence-electron chi connectivity index (χ2n) is 5.60. The van der Waals surface area contributed by atoms with Crippen LogP contribution in [0.25, 0.3) is 0 Å². The molecule has 3 unspecified atom stereocenters. The van der Waals surface area contributed by atoms with E-state index in [0.717, 1.165) is 6.54 Å². The summed E-state index contributed by atoms with van der Waals surface area (Å²) in [7, 11) is 1.21. The zero-order chi connectivity index (χ0) is 15.0. The Balaban J connectivity index is 1.85. The summed E-state index contributed by atoms with van der Waals surface area (Å²) in [5.41, 5.74) is 0.794. The molecule has 2 aliphatic rings. The Morgan fingerprint density at radius 1 is 1.38 bits per heavy atom. The molecule has 0 aromatic heterocycles. The number of hydrogen-bond donors (Lipinski definition) is 3. The molecule has 1 aromatic rings. The highest BCUT2D eigenvalue weighted by molar-refractivity contribution is 6.04. The van der Waals surface area contributed by atoms with Crippen LogP contribution < -0.4 is 10.6 Å². The molecule has 0 bridgehead atoms. The fourth-order valence-electron chi connectivity index (χ4n) is 3.41. The molecule has 21 heavy (non-hydrogen) atoms. The number of nitrogens with one attached hydrogen (secondary N) is 2. The maximum Gasteiger partial charge on any atom is 0.337 e. The SMILES string of the molecule is COC(=O)C1(C(=O)O)CC(C2NCc3ccccc32)CN1. The standard InChI is InChI=1S/C15H18N2O4/c1-21-14(20)15(13(18)19)6-10(8-17-15)12-11-5-3-2-4-9(11)7-16-12/h2-5,10,12,16-17H,6-8H2,1H3,(H,18,19). The molecule has 3 rings (SSSR count). The highest BCUT2D eigenvalue weighted by atomic mass is 16.5. The van der Waals surface area contributed by atoms with Crippen LogP contribution in [0.3, 0.4) is 0 Å². The smallest absolute Gasteiger partial charge is 0.337 e. The van der Waals surface area contributed by atoms with E-state index in [1.807, 2.05) is 12.1 Å². The van der Waals surface area contributed by atoms with Crippen LogP contribution in [0.1, 0.15) is 23.6 Å². The first-order valence-corrected chi connectivity index (χ1v) is 6.96. The summed E-state index contributed by atoms with van der Waals surface area (Å²) in [5, 5.41) is 15.7. The van der Waals surface area contributed by atoms with E-state index in [9.17, 15) is 14.7 Å². The molecule has 6 nitrogen and oxygen atoms in total. The summed E-state index contributed by atoms with van der Waals surface area (Å²) < 4.78 is 4.68. The van der Waals surface area contributed by atoms with Crippen molar-refractivity contribution < 1.29 is 19.4 Å². The van der Waals surface area contributed by atoms with Gasteiger partial charge in [0.15, 0.2) is 0 Å². The Labute approximate surface area is 122 Å². The number of carbonyl (C=O) groups excluding carboxylic acids is 1. The number of rotatable bonds is 3. The van der Waals surface area contributed by atoms with Crippen LogP contribution in [0.5, 0.6) is 0 Å². The summed E-state index contributed by atoms with van der Waals surface area (Å²) in [5.74, 6) is -1.88. The van der Waals surface area contributed by atoms with Gasteiger partial charge in [-0.2, -0.15) is 0 Å². The van der Waals surface area contributed by atoms with E-state index >= 15 is 0 Å². The molecule has 1 fully saturated rings. The zero-order valence-corrected chi connectivity index (χ0v) is 11.8. The average Bonchev–Trinajstić information content (AvgIpc) is 3.11. The van der Waals surface area contributed by atoms with Gasteiger partial charge in [-0.1, -0.05) is 24.3 Å². The number of carbonyl (C=O) groups is 2. The first-order chi connectivity index (χ1) is 10.1. The summed E-state index contributed by atoms with van der Waals surface area (Å²) in [6.07, 6.45) is 0.223. The largest absolute Gasteiger partial charge is 0.479 e. The lowest BCUT2D eigenvalue weighted by Crippen LogP contribution is -2.54. The minimum absolute atomic E-state index is 0.0313. The monoisotopic (exact) mass is 290 g/mol. The number of carboxylic acids is 1. The Morgan fingerprint density at radius 2 is 2.14 bits per heavy atom. The van der Waals surface area contributed by atoms with Crippen LogP contribution in [0.15, 0.2) is 24.3 Å². The third kappa shape index (κ3) is 2.11. The van der Waals surface area contributed by atoms with Gasteiger partial charge < -0.3 is 15.2 Å². The number of esters is 1. The van der Waals surface area contributed by atoms with Crippen molar-refractivity contribution in [2.45, 2.75) is 24.5 Å². The molecular formula is C15H18N2O4. The van der Waals surface area contributed by atoms with Gasteiger partial charge >= 0.3 is 11.9 Å². The molecule has 0 spiro atoms. The highest BCUT2D eigenvalue weighted by Gasteiger charge is 2.54. The minimum atomic E-state index is -1.63. The number of fused-ring (bicyclic) bond motifs is 1. The van der Waals surface area contributed by atoms with Crippen molar-refractivity contribution in [1.82, 2.24) is 10.6 Å². The van der Waals surface area contributed by atoms with Gasteiger partial charge in [0.2, 0.25) is 5.54 Å². The van der Waals surface area contributed by atoms with Crippen molar-refractivity contribution in [1.29, 1.82) is 0 Å². The van der Waals surface area contributed by atoms with Crippen LogP contribution in [-0.4, -0.2) is 36.2 Å². The molecule has 2 aliphatic heterocycles. The van der Waals surface area contributed by atoms with E-state index in [-0.39, 0.29) is 18.4 Å². The Morgan fingerprint density at radius 3 is 2.86 bits per heavy atom. The second-order valence-corrected chi connectivity index (χ2v) is 5.60. The lowest BCUT2D eigenvalue weighted by Gasteiger charge is -2.23. The van der Waals surface area contributed by atoms with Gasteiger partial charge in [0.25, 0.3) is 0 Å². The minimum Gasteiger partial charge on any atom is -0.479 e. The lowest BCUT2D eigenvalue weighted by molar-refractivity contribution is -0.160. The quantitative estimate of drug-likeness (QED) is 0.553. The van der Waals surface area contributed by atoms with Crippen molar-refractivity contribution in [2.75, 3.05) is 13.7 Å². The predicted octanol–water partition coefficient (Wildman–Crippen LogP) is 0.437. The third-order valence-electron chi connectivity index (χ3n) is 4.51. The lowest BCUT2D eigenvalue weighted by atomic mass is 9.86. The average molecular weight is 290 g/mol. The highest BCUT2D eigenvalue weighted by Crippen LogP contribution is 2.38. The fraction of sp³-hybridized carbons (Fsp3) is 0.467. The van der Waals surface area contributed by atoms with Gasteiger partial charge in [-0.3, -0.25) is 5.32 Å². The van der Waals surface area contributed by atoms with Crippen LogP contribution in [0.4, 0.5) is 0 Å². The van der Waals surface area contributed by atoms with Crippen LogP contribution in [0.2, 0.25) is 0 Å². The van der Waals surface area contributed by atoms with E-state index in [2.05, 4.69) is 27.5 Å². The van der Waals surface area contributed by atoms with Gasteiger partial charge in [-0.25, -0.2) is 9.59 Å². The van der Waals surface area contributed by atoms with E-state index < -0.39 is 17.5 Å². The molecule has 2 heterocycles. The number of methoxy groups -OCH3 is 1. The molecule has 3 N–H and O–H groups in total. The zero-order valence-electron chi connectivity index (χ0n) is 11.8. The molecule has 0 aliphatic carbocycles. The number of carboxylic acid groups (broad SMARTS) is 1. The molecule has 3 atom stereocenters. The topological polar surface area (TPSA) is 87.7 Å². The Bertz CT molecular complexity index is 589. The Hall–Kier alpha value is -1.92. The van der Waals surface area contributed by atoms with Gasteiger partial charge in [-0.15, -0.1) is 0 Å².